The Morgan fingerprint density at radius 3 is 2.52 bits per heavy atom. The van der Waals surface area contributed by atoms with E-state index in [4.69, 9.17) is 4.98 Å². The first-order valence-electron chi connectivity index (χ1n) is 9.81. The van der Waals surface area contributed by atoms with Gasteiger partial charge in [0.2, 0.25) is 5.91 Å². The van der Waals surface area contributed by atoms with Crippen molar-refractivity contribution in [1.29, 1.82) is 0 Å². The fraction of sp³-hybridized carbons (Fsp3) is 0.500. The predicted molar refractivity (Wildman–Crippen MR) is 103 cm³/mol. The van der Waals surface area contributed by atoms with Crippen LogP contribution in [0.3, 0.4) is 0 Å². The maximum absolute atomic E-state index is 13.4. The second-order valence-electron chi connectivity index (χ2n) is 7.13. The van der Waals surface area contributed by atoms with Gasteiger partial charge >= 0.3 is 0 Å². The van der Waals surface area contributed by atoms with E-state index in [1.165, 1.54) is 0 Å². The van der Waals surface area contributed by atoms with Crippen molar-refractivity contribution < 1.29 is 4.79 Å². The van der Waals surface area contributed by atoms with Crippen molar-refractivity contribution in [3.8, 4) is 0 Å². The Balaban J connectivity index is 1.56. The lowest BCUT2D eigenvalue weighted by Crippen LogP contribution is -2.42. The number of nitrogens with zero attached hydrogens (tertiary/aromatic N) is 6. The van der Waals surface area contributed by atoms with Crippen LogP contribution in [0.4, 0.5) is 0 Å². The Morgan fingerprint density at radius 2 is 1.85 bits per heavy atom. The summed E-state index contributed by atoms with van der Waals surface area (Å²) in [4.78, 5) is 20.1. The Bertz CT molecular complexity index is 908. The quantitative estimate of drug-likeness (QED) is 0.696. The molecule has 0 N–H and O–H groups in total. The van der Waals surface area contributed by atoms with E-state index in [-0.39, 0.29) is 11.9 Å². The molecule has 142 valence electrons. The van der Waals surface area contributed by atoms with E-state index in [1.807, 2.05) is 23.1 Å². The fourth-order valence-electron chi connectivity index (χ4n) is 4.15. The first-order chi connectivity index (χ1) is 13.2. The SMILES string of the molecule is CCc1nc2ccccc2n1C(CC)C(=O)N1CCC(n2cnnc2)CC1. The van der Waals surface area contributed by atoms with Crippen molar-refractivity contribution in [2.45, 2.75) is 51.6 Å². The van der Waals surface area contributed by atoms with Crippen LogP contribution >= 0.6 is 0 Å². The minimum absolute atomic E-state index is 0.196. The maximum atomic E-state index is 13.4. The lowest BCUT2D eigenvalue weighted by atomic mass is 10.0. The predicted octanol–water partition coefficient (Wildman–Crippen LogP) is 3.01. The number of carbonyl (C=O) groups excluding carboxylic acids is 1. The standard InChI is InChI=1S/C20H26N6O/c1-3-17(26-18-8-6-5-7-16(18)23-19(26)4-2)20(27)24-11-9-15(10-12-24)25-13-21-22-14-25/h5-8,13-15,17H,3-4,9-12H2,1-2H3. The van der Waals surface area contributed by atoms with Crippen LogP contribution in [0.1, 0.15) is 51.0 Å². The van der Waals surface area contributed by atoms with E-state index in [1.54, 1.807) is 12.7 Å². The number of rotatable bonds is 5. The molecule has 1 aliphatic heterocycles. The van der Waals surface area contributed by atoms with E-state index < -0.39 is 0 Å². The molecule has 0 spiro atoms. The maximum Gasteiger partial charge on any atom is 0.245 e. The fourth-order valence-corrected chi connectivity index (χ4v) is 4.15. The molecule has 1 fully saturated rings. The molecule has 1 amide bonds. The van der Waals surface area contributed by atoms with Gasteiger partial charge in [0.05, 0.1) is 11.0 Å². The number of aryl methyl sites for hydroxylation is 1. The lowest BCUT2D eigenvalue weighted by Gasteiger charge is -2.35. The van der Waals surface area contributed by atoms with Crippen LogP contribution < -0.4 is 0 Å². The van der Waals surface area contributed by atoms with Crippen LogP contribution in [0.2, 0.25) is 0 Å². The summed E-state index contributed by atoms with van der Waals surface area (Å²) in [6.45, 7) is 5.72. The highest BCUT2D eigenvalue weighted by atomic mass is 16.2. The Hall–Kier alpha value is -2.70. The number of para-hydroxylation sites is 2. The number of fused-ring (bicyclic) bond motifs is 1. The molecule has 0 aliphatic carbocycles. The number of benzene rings is 1. The summed E-state index contributed by atoms with van der Waals surface area (Å²) >= 11 is 0. The largest absolute Gasteiger partial charge is 0.341 e. The van der Waals surface area contributed by atoms with E-state index in [0.717, 1.165) is 55.6 Å². The average molecular weight is 366 g/mol. The van der Waals surface area contributed by atoms with E-state index >= 15 is 0 Å². The first-order valence-corrected chi connectivity index (χ1v) is 9.81. The number of imidazole rings is 1. The molecule has 7 nitrogen and oxygen atoms in total. The molecule has 0 radical (unpaired) electrons. The zero-order valence-corrected chi connectivity index (χ0v) is 16.0. The summed E-state index contributed by atoms with van der Waals surface area (Å²) in [7, 11) is 0. The van der Waals surface area contributed by atoms with Gasteiger partial charge < -0.3 is 14.0 Å². The zero-order valence-electron chi connectivity index (χ0n) is 16.0. The minimum Gasteiger partial charge on any atom is -0.341 e. The molecule has 1 saturated heterocycles. The highest BCUT2D eigenvalue weighted by Crippen LogP contribution is 2.28. The van der Waals surface area contributed by atoms with Gasteiger partial charge in [-0.25, -0.2) is 4.98 Å². The highest BCUT2D eigenvalue weighted by molar-refractivity contribution is 5.84. The Labute approximate surface area is 159 Å². The first kappa shape index (κ1) is 17.7. The molecule has 1 aliphatic rings. The molecule has 27 heavy (non-hydrogen) atoms. The van der Waals surface area contributed by atoms with Crippen molar-refractivity contribution in [2.24, 2.45) is 0 Å². The smallest absolute Gasteiger partial charge is 0.245 e. The summed E-state index contributed by atoms with van der Waals surface area (Å²) < 4.78 is 4.21. The summed E-state index contributed by atoms with van der Waals surface area (Å²) in [6, 6.07) is 8.28. The minimum atomic E-state index is -0.196. The third-order valence-electron chi connectivity index (χ3n) is 5.60. The van der Waals surface area contributed by atoms with Crippen LogP contribution in [0.15, 0.2) is 36.9 Å². The molecule has 7 heteroatoms. The number of aromatic nitrogens is 5. The number of carbonyl (C=O) groups is 1. The van der Waals surface area contributed by atoms with Gasteiger partial charge in [0, 0.05) is 25.6 Å². The van der Waals surface area contributed by atoms with Gasteiger partial charge in [0.15, 0.2) is 0 Å². The van der Waals surface area contributed by atoms with Gasteiger partial charge in [0.25, 0.3) is 0 Å². The zero-order chi connectivity index (χ0) is 18.8. The van der Waals surface area contributed by atoms with Crippen molar-refractivity contribution in [2.75, 3.05) is 13.1 Å². The van der Waals surface area contributed by atoms with Gasteiger partial charge in [0.1, 0.15) is 24.5 Å². The van der Waals surface area contributed by atoms with Crippen molar-refractivity contribution in [3.05, 3.63) is 42.7 Å². The molecule has 3 heterocycles. The van der Waals surface area contributed by atoms with Gasteiger partial charge in [-0.3, -0.25) is 4.79 Å². The Morgan fingerprint density at radius 1 is 1.15 bits per heavy atom. The second-order valence-corrected chi connectivity index (χ2v) is 7.13. The lowest BCUT2D eigenvalue weighted by molar-refractivity contribution is -0.136. The number of hydrogen-bond donors (Lipinski definition) is 0. The molecule has 1 unspecified atom stereocenters. The second kappa shape index (κ2) is 7.50. The molecule has 1 aromatic carbocycles. The third kappa shape index (κ3) is 3.22. The molecule has 4 rings (SSSR count). The summed E-state index contributed by atoms with van der Waals surface area (Å²) in [5.41, 5.74) is 2.01. The van der Waals surface area contributed by atoms with E-state index in [2.05, 4.69) is 39.2 Å². The molecule has 1 atom stereocenters. The molecular formula is C20H26N6O. The van der Waals surface area contributed by atoms with Crippen molar-refractivity contribution >= 4 is 16.9 Å². The third-order valence-corrected chi connectivity index (χ3v) is 5.60. The molecule has 0 bridgehead atoms. The van der Waals surface area contributed by atoms with Crippen molar-refractivity contribution in [1.82, 2.24) is 29.2 Å². The number of piperidine rings is 1. The highest BCUT2D eigenvalue weighted by Gasteiger charge is 2.30. The number of amides is 1. The van der Waals surface area contributed by atoms with Gasteiger partial charge in [-0.05, 0) is 31.4 Å². The summed E-state index contributed by atoms with van der Waals surface area (Å²) in [6.07, 6.45) is 6.98. The number of hydrogen-bond acceptors (Lipinski definition) is 4. The molecule has 0 saturated carbocycles. The van der Waals surface area contributed by atoms with Crippen LogP contribution in [0.5, 0.6) is 0 Å². The molecule has 3 aromatic rings. The van der Waals surface area contributed by atoms with Crippen LogP contribution in [0.25, 0.3) is 11.0 Å². The molecule has 2 aromatic heterocycles. The summed E-state index contributed by atoms with van der Waals surface area (Å²) in [5.74, 6) is 1.19. The number of likely N-dealkylation sites (tertiary alicyclic amines) is 1. The van der Waals surface area contributed by atoms with Gasteiger partial charge in [-0.1, -0.05) is 26.0 Å². The van der Waals surface area contributed by atoms with Gasteiger partial charge in [-0.2, -0.15) is 0 Å². The van der Waals surface area contributed by atoms with Crippen LogP contribution in [0, 0.1) is 0 Å². The van der Waals surface area contributed by atoms with Crippen molar-refractivity contribution in [3.63, 3.8) is 0 Å². The van der Waals surface area contributed by atoms with Crippen LogP contribution in [-0.4, -0.2) is 48.2 Å². The topological polar surface area (TPSA) is 68.8 Å². The monoisotopic (exact) mass is 366 g/mol. The molecular weight excluding hydrogens is 340 g/mol. The van der Waals surface area contributed by atoms with Crippen LogP contribution in [-0.2, 0) is 11.2 Å². The average Bonchev–Trinajstić information content (AvgIpc) is 3.37. The van der Waals surface area contributed by atoms with E-state index in [0.29, 0.717) is 6.04 Å². The summed E-state index contributed by atoms with van der Waals surface area (Å²) in [5, 5.41) is 7.79. The van der Waals surface area contributed by atoms with Gasteiger partial charge in [-0.15, -0.1) is 10.2 Å². The van der Waals surface area contributed by atoms with E-state index in [9.17, 15) is 4.79 Å². The normalized spacial score (nSPS) is 16.7. The Kier molecular flexibility index (Phi) is 4.92.